The highest BCUT2D eigenvalue weighted by atomic mass is 19.1. The van der Waals surface area contributed by atoms with E-state index in [-0.39, 0.29) is 17.8 Å². The number of methoxy groups -OCH3 is 1. The molecule has 94 valence electrons. The number of anilines is 1. The second kappa shape index (κ2) is 4.60. The van der Waals surface area contributed by atoms with E-state index in [0.29, 0.717) is 5.69 Å². The highest BCUT2D eigenvalue weighted by Gasteiger charge is 2.34. The molecule has 1 aromatic rings. The first-order chi connectivity index (χ1) is 8.58. The molecule has 1 heterocycles. The molecule has 0 aromatic heterocycles. The molecule has 4 nitrogen and oxygen atoms in total. The molecule has 1 aromatic carbocycles. The van der Waals surface area contributed by atoms with E-state index in [1.807, 2.05) is 0 Å². The number of carbonyl (C=O) groups excluding carboxylic acids is 2. The molecule has 0 spiro atoms. The maximum atomic E-state index is 13.1. The number of benzene rings is 1. The third-order valence-electron chi connectivity index (χ3n) is 2.89. The van der Waals surface area contributed by atoms with Gasteiger partial charge in [0.25, 0.3) is 0 Å². The third-order valence-corrected chi connectivity index (χ3v) is 2.89. The lowest BCUT2D eigenvalue weighted by molar-refractivity contribution is 0.0970. The fourth-order valence-electron chi connectivity index (χ4n) is 2.03. The molecule has 0 radical (unpaired) electrons. The summed E-state index contributed by atoms with van der Waals surface area (Å²) in [5.41, 5.74) is 0.544. The molecule has 1 aliphatic rings. The van der Waals surface area contributed by atoms with Crippen LogP contribution < -0.4 is 4.90 Å². The minimum Gasteiger partial charge on any atom is -0.452 e. The van der Waals surface area contributed by atoms with Gasteiger partial charge in [-0.2, -0.15) is 0 Å². The van der Waals surface area contributed by atoms with Gasteiger partial charge in [0.15, 0.2) is 5.78 Å². The first kappa shape index (κ1) is 12.3. The summed E-state index contributed by atoms with van der Waals surface area (Å²) in [5, 5.41) is 0. The number of halogens is 1. The van der Waals surface area contributed by atoms with Gasteiger partial charge in [0.1, 0.15) is 5.82 Å². The summed E-state index contributed by atoms with van der Waals surface area (Å²) in [5.74, 6) is -0.724. The van der Waals surface area contributed by atoms with Crippen molar-refractivity contribution in [1.29, 1.82) is 0 Å². The summed E-state index contributed by atoms with van der Waals surface area (Å²) in [6.45, 7) is 3.60. The lowest BCUT2D eigenvalue weighted by atomic mass is 9.95. The SMILES string of the molecule is C=CC1CC(=O)c2cc(F)ccc2N1C(=O)OC. The van der Waals surface area contributed by atoms with Crippen LogP contribution in [0, 0.1) is 5.82 Å². The molecule has 0 bridgehead atoms. The van der Waals surface area contributed by atoms with Crippen LogP contribution in [0.4, 0.5) is 14.9 Å². The van der Waals surface area contributed by atoms with Crippen molar-refractivity contribution in [2.45, 2.75) is 12.5 Å². The smallest absolute Gasteiger partial charge is 0.414 e. The predicted molar refractivity (Wildman–Crippen MR) is 64.2 cm³/mol. The van der Waals surface area contributed by atoms with E-state index < -0.39 is 18.0 Å². The Balaban J connectivity index is 2.57. The van der Waals surface area contributed by atoms with Gasteiger partial charge in [0, 0.05) is 12.0 Å². The van der Waals surface area contributed by atoms with Crippen molar-refractivity contribution in [2.24, 2.45) is 0 Å². The first-order valence-electron chi connectivity index (χ1n) is 5.41. The van der Waals surface area contributed by atoms with Gasteiger partial charge in [-0.3, -0.25) is 9.69 Å². The topological polar surface area (TPSA) is 46.6 Å². The van der Waals surface area contributed by atoms with Crippen LogP contribution in [0.1, 0.15) is 16.8 Å². The molecule has 0 aliphatic carbocycles. The zero-order valence-corrected chi connectivity index (χ0v) is 9.85. The van der Waals surface area contributed by atoms with Crippen molar-refractivity contribution in [3.05, 3.63) is 42.2 Å². The second-order valence-electron chi connectivity index (χ2n) is 3.93. The molecule has 1 amide bonds. The Hall–Kier alpha value is -2.17. The standard InChI is InChI=1S/C13H12FNO3/c1-3-9-7-12(16)10-6-8(14)4-5-11(10)15(9)13(17)18-2/h3-6,9H,1,7H2,2H3. The minimum atomic E-state index is -0.597. The van der Waals surface area contributed by atoms with Gasteiger partial charge in [0.05, 0.1) is 18.8 Å². The number of hydrogen-bond acceptors (Lipinski definition) is 3. The summed E-state index contributed by atoms with van der Waals surface area (Å²) in [4.78, 5) is 24.9. The van der Waals surface area contributed by atoms with Crippen LogP contribution in [-0.2, 0) is 4.74 Å². The molecule has 1 atom stereocenters. The summed E-state index contributed by atoms with van der Waals surface area (Å²) >= 11 is 0. The quantitative estimate of drug-likeness (QED) is 0.718. The van der Waals surface area contributed by atoms with Gasteiger partial charge < -0.3 is 4.74 Å². The van der Waals surface area contributed by atoms with Gasteiger partial charge in [0.2, 0.25) is 0 Å². The zero-order valence-electron chi connectivity index (χ0n) is 9.85. The molecule has 1 aliphatic heterocycles. The Labute approximate surface area is 104 Å². The number of fused-ring (bicyclic) bond motifs is 1. The van der Waals surface area contributed by atoms with Crippen molar-refractivity contribution in [3.8, 4) is 0 Å². The van der Waals surface area contributed by atoms with Crippen LogP contribution in [0.25, 0.3) is 0 Å². The van der Waals surface area contributed by atoms with E-state index in [9.17, 15) is 14.0 Å². The van der Waals surface area contributed by atoms with Crippen LogP contribution >= 0.6 is 0 Å². The van der Waals surface area contributed by atoms with Crippen LogP contribution in [0.2, 0.25) is 0 Å². The number of Topliss-reactive ketones (excluding diaryl/α,β-unsaturated/α-hetero) is 1. The number of nitrogens with zero attached hydrogens (tertiary/aromatic N) is 1. The molecule has 1 unspecified atom stereocenters. The van der Waals surface area contributed by atoms with Gasteiger partial charge in [-0.05, 0) is 18.2 Å². The predicted octanol–water partition coefficient (Wildman–Crippen LogP) is 2.54. The second-order valence-corrected chi connectivity index (χ2v) is 3.93. The van der Waals surface area contributed by atoms with E-state index in [2.05, 4.69) is 11.3 Å². The number of rotatable bonds is 1. The van der Waals surface area contributed by atoms with E-state index >= 15 is 0 Å². The number of carbonyl (C=O) groups is 2. The van der Waals surface area contributed by atoms with E-state index in [4.69, 9.17) is 0 Å². The molecule has 0 fully saturated rings. The van der Waals surface area contributed by atoms with Gasteiger partial charge in [-0.1, -0.05) is 6.08 Å². The molecule has 0 saturated carbocycles. The van der Waals surface area contributed by atoms with Crippen LogP contribution in [-0.4, -0.2) is 25.0 Å². The lowest BCUT2D eigenvalue weighted by Gasteiger charge is -2.33. The zero-order chi connectivity index (χ0) is 13.3. The maximum absolute atomic E-state index is 13.1. The Bertz CT molecular complexity index is 527. The maximum Gasteiger partial charge on any atom is 0.414 e. The van der Waals surface area contributed by atoms with Gasteiger partial charge in [-0.25, -0.2) is 9.18 Å². The number of hydrogen-bond donors (Lipinski definition) is 0. The highest BCUT2D eigenvalue weighted by Crippen LogP contribution is 2.32. The normalized spacial score (nSPS) is 18.2. The first-order valence-corrected chi connectivity index (χ1v) is 5.41. The van der Waals surface area contributed by atoms with Gasteiger partial charge >= 0.3 is 6.09 Å². The van der Waals surface area contributed by atoms with Crippen molar-refractivity contribution >= 4 is 17.6 Å². The molecular weight excluding hydrogens is 237 g/mol. The minimum absolute atomic E-state index is 0.0784. The number of amides is 1. The fourth-order valence-corrected chi connectivity index (χ4v) is 2.03. The highest BCUT2D eigenvalue weighted by molar-refractivity contribution is 6.08. The summed E-state index contributed by atoms with van der Waals surface area (Å²) < 4.78 is 17.8. The van der Waals surface area contributed by atoms with Crippen molar-refractivity contribution < 1.29 is 18.7 Å². The molecule has 0 saturated heterocycles. The Morgan fingerprint density at radius 1 is 1.61 bits per heavy atom. The summed E-state index contributed by atoms with van der Waals surface area (Å²) in [7, 11) is 1.25. The van der Waals surface area contributed by atoms with Crippen LogP contribution in [0.15, 0.2) is 30.9 Å². The molecule has 18 heavy (non-hydrogen) atoms. The van der Waals surface area contributed by atoms with Crippen molar-refractivity contribution in [3.63, 3.8) is 0 Å². The molecule has 5 heteroatoms. The average molecular weight is 249 g/mol. The molecule has 2 rings (SSSR count). The third kappa shape index (κ3) is 1.88. The van der Waals surface area contributed by atoms with Crippen LogP contribution in [0.5, 0.6) is 0 Å². The van der Waals surface area contributed by atoms with E-state index in [1.165, 1.54) is 30.2 Å². The monoisotopic (exact) mass is 249 g/mol. The van der Waals surface area contributed by atoms with Crippen LogP contribution in [0.3, 0.4) is 0 Å². The Morgan fingerprint density at radius 3 is 2.94 bits per heavy atom. The van der Waals surface area contributed by atoms with Crippen molar-refractivity contribution in [1.82, 2.24) is 0 Å². The average Bonchev–Trinajstić information content (AvgIpc) is 2.38. The number of ketones is 1. The Kier molecular flexibility index (Phi) is 3.14. The molecule has 0 N–H and O–H groups in total. The van der Waals surface area contributed by atoms with E-state index in [0.717, 1.165) is 6.07 Å². The van der Waals surface area contributed by atoms with Gasteiger partial charge in [-0.15, -0.1) is 6.58 Å². The lowest BCUT2D eigenvalue weighted by Crippen LogP contribution is -2.44. The molecular formula is C13H12FNO3. The fraction of sp³-hybridized carbons (Fsp3) is 0.231. The van der Waals surface area contributed by atoms with E-state index in [1.54, 1.807) is 0 Å². The largest absolute Gasteiger partial charge is 0.452 e. The number of ether oxygens (including phenoxy) is 1. The summed E-state index contributed by atoms with van der Waals surface area (Å²) in [6, 6.07) is 3.26. The van der Waals surface area contributed by atoms with Crippen molar-refractivity contribution in [2.75, 3.05) is 12.0 Å². The summed E-state index contributed by atoms with van der Waals surface area (Å²) in [6.07, 6.45) is 0.983. The Morgan fingerprint density at radius 2 is 2.33 bits per heavy atom.